The van der Waals surface area contributed by atoms with Gasteiger partial charge < -0.3 is 14.7 Å². The van der Waals surface area contributed by atoms with Crippen LogP contribution in [0.3, 0.4) is 0 Å². The minimum absolute atomic E-state index is 0.134. The third-order valence-electron chi connectivity index (χ3n) is 4.62. The molecule has 0 fully saturated rings. The van der Waals surface area contributed by atoms with Gasteiger partial charge in [-0.15, -0.1) is 0 Å². The van der Waals surface area contributed by atoms with Gasteiger partial charge in [-0.25, -0.2) is 9.37 Å². The predicted octanol–water partition coefficient (Wildman–Crippen LogP) is 2.75. The second-order valence-corrected chi connectivity index (χ2v) is 6.56. The fraction of sp³-hybridized carbons (Fsp3) is 0.250. The number of hydrogen-bond donors (Lipinski definition) is 2. The molecule has 7 nitrogen and oxygen atoms in total. The van der Waals surface area contributed by atoms with Crippen LogP contribution < -0.4 is 10.9 Å². The van der Waals surface area contributed by atoms with Crippen LogP contribution in [0, 0.1) is 5.82 Å². The van der Waals surface area contributed by atoms with E-state index >= 15 is 0 Å². The molecular formula is C20H19FN4O3. The van der Waals surface area contributed by atoms with Crippen molar-refractivity contribution in [1.29, 1.82) is 0 Å². The smallest absolute Gasteiger partial charge is 0.277 e. The average molecular weight is 382 g/mol. The Hall–Kier alpha value is -3.42. The van der Waals surface area contributed by atoms with Crippen molar-refractivity contribution < 1.29 is 13.6 Å². The maximum Gasteiger partial charge on any atom is 0.277 e. The van der Waals surface area contributed by atoms with E-state index in [9.17, 15) is 14.0 Å². The molecule has 0 unspecified atom stereocenters. The first-order chi connectivity index (χ1) is 13.6. The second kappa shape index (κ2) is 7.67. The molecule has 1 amide bonds. The Kier molecular flexibility index (Phi) is 4.92. The lowest BCUT2D eigenvalue weighted by atomic mass is 10.2. The molecule has 0 saturated carbocycles. The van der Waals surface area contributed by atoms with E-state index in [1.165, 1.54) is 23.0 Å². The summed E-state index contributed by atoms with van der Waals surface area (Å²) < 4.78 is 20.1. The molecule has 2 N–H and O–H groups in total. The molecule has 3 heterocycles. The summed E-state index contributed by atoms with van der Waals surface area (Å²) in [7, 11) is 0. The molecular weight excluding hydrogens is 363 g/mol. The van der Waals surface area contributed by atoms with Crippen LogP contribution in [0.15, 0.2) is 52.1 Å². The molecule has 0 spiro atoms. The number of hydrogen-bond acceptors (Lipinski definition) is 4. The molecule has 0 radical (unpaired) electrons. The van der Waals surface area contributed by atoms with Crippen LogP contribution in [-0.2, 0) is 17.8 Å². The van der Waals surface area contributed by atoms with Gasteiger partial charge in [-0.05, 0) is 36.8 Å². The van der Waals surface area contributed by atoms with Gasteiger partial charge in [0, 0.05) is 36.8 Å². The number of carbonyl (C=O) groups is 1. The monoisotopic (exact) mass is 382 g/mol. The molecule has 4 aromatic rings. The number of carbonyl (C=O) groups excluding carboxylic acids is 1. The topological polar surface area (TPSA) is 92.9 Å². The van der Waals surface area contributed by atoms with Crippen LogP contribution in [0.2, 0.25) is 0 Å². The number of aromatic amines is 1. The summed E-state index contributed by atoms with van der Waals surface area (Å²) in [6.45, 7) is 0.759. The van der Waals surface area contributed by atoms with Gasteiger partial charge >= 0.3 is 0 Å². The fourth-order valence-electron chi connectivity index (χ4n) is 3.18. The van der Waals surface area contributed by atoms with Crippen LogP contribution in [0.5, 0.6) is 0 Å². The molecule has 8 heteroatoms. The normalized spacial score (nSPS) is 11.3. The van der Waals surface area contributed by atoms with E-state index < -0.39 is 0 Å². The number of aryl methyl sites for hydroxylation is 2. The number of furan rings is 1. The lowest BCUT2D eigenvalue weighted by Crippen LogP contribution is -2.28. The zero-order valence-corrected chi connectivity index (χ0v) is 15.1. The zero-order chi connectivity index (χ0) is 19.5. The highest BCUT2D eigenvalue weighted by atomic mass is 19.1. The first kappa shape index (κ1) is 18.0. The molecule has 0 bridgehead atoms. The van der Waals surface area contributed by atoms with Crippen molar-refractivity contribution in [2.24, 2.45) is 0 Å². The fourth-order valence-corrected chi connectivity index (χ4v) is 3.18. The molecule has 0 aliphatic rings. The highest BCUT2D eigenvalue weighted by Gasteiger charge is 2.12. The van der Waals surface area contributed by atoms with Crippen molar-refractivity contribution in [2.45, 2.75) is 25.8 Å². The van der Waals surface area contributed by atoms with E-state index in [0.717, 1.165) is 18.6 Å². The van der Waals surface area contributed by atoms with E-state index in [-0.39, 0.29) is 30.2 Å². The van der Waals surface area contributed by atoms with E-state index in [1.54, 1.807) is 12.3 Å². The molecule has 1 aromatic carbocycles. The Labute approximate surface area is 159 Å². The zero-order valence-electron chi connectivity index (χ0n) is 15.1. The SMILES string of the molecule is O=C(CCn1cnc2c([nH]c3ccc(F)cc32)c1=O)NCCCc1ccco1. The van der Waals surface area contributed by atoms with Gasteiger partial charge in [0.1, 0.15) is 22.6 Å². The predicted molar refractivity (Wildman–Crippen MR) is 102 cm³/mol. The number of halogens is 1. The van der Waals surface area contributed by atoms with Crippen LogP contribution in [-0.4, -0.2) is 27.0 Å². The summed E-state index contributed by atoms with van der Waals surface area (Å²) in [4.78, 5) is 31.9. The number of H-pyrrole nitrogens is 1. The standard InChI is InChI=1S/C20H19FN4O3/c21-13-5-6-16-15(11-13)18-19(24-16)20(27)25(12-23-18)9-7-17(26)22-8-1-3-14-4-2-10-28-14/h2,4-6,10-12,24H,1,3,7-9H2,(H,22,26). The Morgan fingerprint density at radius 3 is 3.04 bits per heavy atom. The molecule has 144 valence electrons. The third-order valence-corrected chi connectivity index (χ3v) is 4.62. The first-order valence-electron chi connectivity index (χ1n) is 9.07. The number of fused-ring (bicyclic) bond motifs is 3. The van der Waals surface area contributed by atoms with Gasteiger partial charge in [0.2, 0.25) is 5.91 Å². The summed E-state index contributed by atoms with van der Waals surface area (Å²) in [5, 5.41) is 3.40. The van der Waals surface area contributed by atoms with E-state index in [0.29, 0.717) is 28.5 Å². The summed E-state index contributed by atoms with van der Waals surface area (Å²) in [5.41, 5.74) is 1.10. The summed E-state index contributed by atoms with van der Waals surface area (Å²) in [6.07, 6.45) is 4.72. The van der Waals surface area contributed by atoms with Crippen LogP contribution in [0.25, 0.3) is 21.9 Å². The Morgan fingerprint density at radius 2 is 2.21 bits per heavy atom. The lowest BCUT2D eigenvalue weighted by molar-refractivity contribution is -0.121. The minimum Gasteiger partial charge on any atom is -0.469 e. The maximum absolute atomic E-state index is 13.5. The lowest BCUT2D eigenvalue weighted by Gasteiger charge is -2.06. The molecule has 0 saturated heterocycles. The van der Waals surface area contributed by atoms with Crippen LogP contribution >= 0.6 is 0 Å². The van der Waals surface area contributed by atoms with E-state index in [4.69, 9.17) is 4.42 Å². The maximum atomic E-state index is 13.5. The van der Waals surface area contributed by atoms with Crippen molar-refractivity contribution in [3.63, 3.8) is 0 Å². The minimum atomic E-state index is -0.386. The molecule has 28 heavy (non-hydrogen) atoms. The highest BCUT2D eigenvalue weighted by Crippen LogP contribution is 2.22. The van der Waals surface area contributed by atoms with Gasteiger partial charge in [-0.1, -0.05) is 0 Å². The van der Waals surface area contributed by atoms with Crippen molar-refractivity contribution in [3.05, 3.63) is 64.9 Å². The number of nitrogens with one attached hydrogen (secondary N) is 2. The second-order valence-electron chi connectivity index (χ2n) is 6.56. The molecule has 3 aromatic heterocycles. The number of rotatable bonds is 7. The van der Waals surface area contributed by atoms with Gasteiger partial charge in [-0.2, -0.15) is 0 Å². The van der Waals surface area contributed by atoms with E-state index in [2.05, 4.69) is 15.3 Å². The summed E-state index contributed by atoms with van der Waals surface area (Å²) in [5.74, 6) is 0.367. The van der Waals surface area contributed by atoms with Crippen molar-refractivity contribution in [3.8, 4) is 0 Å². The number of nitrogens with zero attached hydrogens (tertiary/aromatic N) is 2. The quantitative estimate of drug-likeness (QED) is 0.481. The molecule has 0 aliphatic carbocycles. The van der Waals surface area contributed by atoms with E-state index in [1.807, 2.05) is 12.1 Å². The Balaban J connectivity index is 1.38. The first-order valence-corrected chi connectivity index (χ1v) is 9.07. The van der Waals surface area contributed by atoms with Crippen molar-refractivity contribution >= 4 is 27.8 Å². The summed E-state index contributed by atoms with van der Waals surface area (Å²) in [6, 6.07) is 7.98. The third kappa shape index (κ3) is 3.66. The summed E-state index contributed by atoms with van der Waals surface area (Å²) >= 11 is 0. The van der Waals surface area contributed by atoms with Gasteiger partial charge in [-0.3, -0.25) is 14.2 Å². The molecule has 0 aliphatic heterocycles. The van der Waals surface area contributed by atoms with Crippen molar-refractivity contribution in [2.75, 3.05) is 6.54 Å². The van der Waals surface area contributed by atoms with Crippen LogP contribution in [0.4, 0.5) is 4.39 Å². The van der Waals surface area contributed by atoms with Gasteiger partial charge in [0.25, 0.3) is 5.56 Å². The molecule has 4 rings (SSSR count). The van der Waals surface area contributed by atoms with Gasteiger partial charge in [0.05, 0.1) is 12.6 Å². The van der Waals surface area contributed by atoms with Crippen LogP contribution in [0.1, 0.15) is 18.6 Å². The number of amides is 1. The molecule has 0 atom stereocenters. The Bertz CT molecular complexity index is 1180. The highest BCUT2D eigenvalue weighted by molar-refractivity contribution is 6.04. The van der Waals surface area contributed by atoms with Crippen molar-refractivity contribution in [1.82, 2.24) is 19.9 Å². The Morgan fingerprint density at radius 1 is 1.32 bits per heavy atom. The largest absolute Gasteiger partial charge is 0.469 e. The average Bonchev–Trinajstić information content (AvgIpc) is 3.33. The number of benzene rings is 1. The number of aromatic nitrogens is 3. The van der Waals surface area contributed by atoms with Gasteiger partial charge in [0.15, 0.2) is 0 Å².